The summed E-state index contributed by atoms with van der Waals surface area (Å²) in [5, 5.41) is 9.67. The fourth-order valence-corrected chi connectivity index (χ4v) is 3.28. The highest BCUT2D eigenvalue weighted by Crippen LogP contribution is 2.49. The van der Waals surface area contributed by atoms with E-state index in [1.54, 1.807) is 0 Å². The number of hydrogen-bond acceptors (Lipinski definition) is 3. The summed E-state index contributed by atoms with van der Waals surface area (Å²) in [4.78, 5) is 9.00. The second kappa shape index (κ2) is 4.89. The Hall–Kier alpha value is -1.72. The number of nitrogens with zero attached hydrogens (tertiary/aromatic N) is 3. The molecule has 0 spiro atoms. The second-order valence-electron chi connectivity index (χ2n) is 6.15. The molecule has 3 heterocycles. The fraction of sp³-hybridized carbons (Fsp3) is 0.294. The summed E-state index contributed by atoms with van der Waals surface area (Å²) in [7, 11) is 0. The van der Waals surface area contributed by atoms with Gasteiger partial charge >= 0.3 is 0 Å². The van der Waals surface area contributed by atoms with E-state index in [4.69, 9.17) is 0 Å². The normalized spacial score (nSPS) is 16.1. The molecule has 4 nitrogen and oxygen atoms in total. The van der Waals surface area contributed by atoms with Gasteiger partial charge in [0.15, 0.2) is 0 Å². The third kappa shape index (κ3) is 2.16. The molecule has 1 N–H and O–H groups in total. The highest BCUT2D eigenvalue weighted by atomic mass is 79.9. The van der Waals surface area contributed by atoms with E-state index in [-0.39, 0.29) is 12.0 Å². The van der Waals surface area contributed by atoms with Crippen molar-refractivity contribution in [2.24, 2.45) is 0 Å². The van der Waals surface area contributed by atoms with Crippen LogP contribution in [0.15, 0.2) is 41.3 Å². The summed E-state index contributed by atoms with van der Waals surface area (Å²) < 4.78 is 2.88. The largest absolute Gasteiger partial charge is 0.392 e. The highest BCUT2D eigenvalue weighted by Gasteiger charge is 2.41. The van der Waals surface area contributed by atoms with Gasteiger partial charge in [0.2, 0.25) is 0 Å². The lowest BCUT2D eigenvalue weighted by Gasteiger charge is -2.15. The molecule has 0 radical (unpaired) electrons. The van der Waals surface area contributed by atoms with E-state index in [1.807, 2.05) is 30.5 Å². The van der Waals surface area contributed by atoms with Crippen LogP contribution in [0.1, 0.15) is 30.9 Å². The van der Waals surface area contributed by atoms with E-state index in [9.17, 15) is 5.11 Å². The molecule has 1 saturated carbocycles. The van der Waals surface area contributed by atoms with E-state index in [2.05, 4.69) is 43.4 Å². The molecule has 3 aromatic rings. The van der Waals surface area contributed by atoms with Crippen molar-refractivity contribution < 1.29 is 5.11 Å². The van der Waals surface area contributed by atoms with Gasteiger partial charge in [-0.3, -0.25) is 4.40 Å². The number of imidazole rings is 1. The van der Waals surface area contributed by atoms with Crippen LogP contribution in [0.5, 0.6) is 0 Å². The molecule has 0 aromatic carbocycles. The molecule has 112 valence electrons. The first-order valence-electron chi connectivity index (χ1n) is 7.35. The quantitative estimate of drug-likeness (QED) is 0.727. The van der Waals surface area contributed by atoms with Gasteiger partial charge < -0.3 is 5.11 Å². The van der Waals surface area contributed by atoms with Gasteiger partial charge in [-0.25, -0.2) is 9.97 Å². The summed E-state index contributed by atoms with van der Waals surface area (Å²) in [6, 6.07) is 7.84. The molecular weight excluding hydrogens is 342 g/mol. The third-order valence-corrected chi connectivity index (χ3v) is 4.97. The molecule has 22 heavy (non-hydrogen) atoms. The van der Waals surface area contributed by atoms with Crippen LogP contribution >= 0.6 is 15.9 Å². The van der Waals surface area contributed by atoms with Crippen molar-refractivity contribution in [3.63, 3.8) is 0 Å². The molecule has 1 fully saturated rings. The van der Waals surface area contributed by atoms with Crippen molar-refractivity contribution in [1.29, 1.82) is 0 Å². The van der Waals surface area contributed by atoms with Crippen LogP contribution in [-0.4, -0.2) is 19.5 Å². The topological polar surface area (TPSA) is 50.4 Å². The first-order chi connectivity index (χ1) is 10.6. The summed E-state index contributed by atoms with van der Waals surface area (Å²) in [6.07, 6.45) is 6.30. The number of pyridine rings is 2. The molecule has 0 unspecified atom stereocenters. The molecule has 0 saturated heterocycles. The van der Waals surface area contributed by atoms with Crippen LogP contribution < -0.4 is 0 Å². The molecule has 1 aliphatic carbocycles. The van der Waals surface area contributed by atoms with Crippen LogP contribution in [-0.2, 0) is 12.0 Å². The molecule has 0 bridgehead atoms. The Balaban J connectivity index is 1.94. The van der Waals surface area contributed by atoms with Crippen molar-refractivity contribution in [2.75, 3.05) is 0 Å². The van der Waals surface area contributed by atoms with Crippen molar-refractivity contribution >= 4 is 21.6 Å². The van der Waals surface area contributed by atoms with Crippen LogP contribution in [0, 0.1) is 0 Å². The van der Waals surface area contributed by atoms with Gasteiger partial charge in [0, 0.05) is 6.20 Å². The predicted molar refractivity (Wildman–Crippen MR) is 88.6 cm³/mol. The Morgan fingerprint density at radius 3 is 2.86 bits per heavy atom. The minimum atomic E-state index is 0.0543. The van der Waals surface area contributed by atoms with Crippen molar-refractivity contribution in [3.8, 4) is 11.4 Å². The maximum Gasteiger partial charge on any atom is 0.137 e. The Kier molecular flexibility index (Phi) is 3.09. The minimum absolute atomic E-state index is 0.0543. The number of hydrogen-bond donors (Lipinski definition) is 1. The van der Waals surface area contributed by atoms with E-state index in [0.717, 1.165) is 27.2 Å². The molecule has 4 rings (SSSR count). The lowest BCUT2D eigenvalue weighted by molar-refractivity contribution is 0.279. The average molecular weight is 358 g/mol. The number of halogens is 1. The lowest BCUT2D eigenvalue weighted by atomic mass is 9.95. The molecule has 0 amide bonds. The number of aliphatic hydroxyl groups excluding tert-OH is 1. The zero-order chi connectivity index (χ0) is 15.3. The van der Waals surface area contributed by atoms with Gasteiger partial charge in [-0.15, -0.1) is 0 Å². The monoisotopic (exact) mass is 357 g/mol. The fourth-order valence-electron chi connectivity index (χ4n) is 2.93. The predicted octanol–water partition coefficient (Wildman–Crippen LogP) is 3.70. The zero-order valence-electron chi connectivity index (χ0n) is 12.3. The van der Waals surface area contributed by atoms with Crippen LogP contribution in [0.4, 0.5) is 0 Å². The summed E-state index contributed by atoms with van der Waals surface area (Å²) in [6.45, 7) is 2.31. The minimum Gasteiger partial charge on any atom is -0.392 e. The van der Waals surface area contributed by atoms with Gasteiger partial charge in [-0.1, -0.05) is 13.0 Å². The Bertz CT molecular complexity index is 867. The van der Waals surface area contributed by atoms with Crippen LogP contribution in [0.25, 0.3) is 17.0 Å². The van der Waals surface area contributed by atoms with E-state index in [0.29, 0.717) is 0 Å². The number of aliphatic hydroxyl groups is 1. The summed E-state index contributed by atoms with van der Waals surface area (Å²) >= 11 is 3.42. The Morgan fingerprint density at radius 2 is 2.18 bits per heavy atom. The average Bonchev–Trinajstić information content (AvgIpc) is 3.13. The lowest BCUT2D eigenvalue weighted by Crippen LogP contribution is -2.08. The summed E-state index contributed by atoms with van der Waals surface area (Å²) in [5.74, 6) is 0. The molecule has 5 heteroatoms. The van der Waals surface area contributed by atoms with E-state index < -0.39 is 0 Å². The van der Waals surface area contributed by atoms with Gasteiger partial charge in [0.25, 0.3) is 0 Å². The van der Waals surface area contributed by atoms with E-state index in [1.165, 1.54) is 18.4 Å². The highest BCUT2D eigenvalue weighted by molar-refractivity contribution is 9.10. The number of aromatic nitrogens is 3. The van der Waals surface area contributed by atoms with Gasteiger partial charge in [0.05, 0.1) is 24.2 Å². The molecular formula is C17H16BrN3O. The first-order valence-corrected chi connectivity index (χ1v) is 8.14. The molecule has 3 aromatic heterocycles. The summed E-state index contributed by atoms with van der Waals surface area (Å²) in [5.41, 5.74) is 5.08. The molecule has 0 aliphatic heterocycles. The maximum atomic E-state index is 9.67. The maximum absolute atomic E-state index is 9.67. The molecule has 1 aliphatic rings. The third-order valence-electron chi connectivity index (χ3n) is 4.53. The molecule has 0 atom stereocenters. The Labute approximate surface area is 137 Å². The second-order valence-corrected chi connectivity index (χ2v) is 6.96. The Morgan fingerprint density at radius 1 is 1.36 bits per heavy atom. The van der Waals surface area contributed by atoms with Crippen molar-refractivity contribution in [3.05, 3.63) is 52.4 Å². The van der Waals surface area contributed by atoms with Gasteiger partial charge in [0.1, 0.15) is 10.3 Å². The standard InChI is InChI=1S/C17H16BrN3O/c1-17(5-6-17)12-9-21-14(13-3-2-4-15(18)20-13)8-19-16(21)7-11(12)10-22/h2-4,7-9,22H,5-6,10H2,1H3. The SMILES string of the molecule is CC1(c2cn3c(-c4cccc(Br)n4)cnc3cc2CO)CC1. The van der Waals surface area contributed by atoms with Gasteiger partial charge in [-0.05, 0) is 63.5 Å². The van der Waals surface area contributed by atoms with Gasteiger partial charge in [-0.2, -0.15) is 0 Å². The van der Waals surface area contributed by atoms with Crippen molar-refractivity contribution in [1.82, 2.24) is 14.4 Å². The number of rotatable bonds is 3. The number of fused-ring (bicyclic) bond motifs is 1. The van der Waals surface area contributed by atoms with Crippen molar-refractivity contribution in [2.45, 2.75) is 31.8 Å². The smallest absolute Gasteiger partial charge is 0.137 e. The van der Waals surface area contributed by atoms with Crippen LogP contribution in [0.2, 0.25) is 0 Å². The first kappa shape index (κ1) is 13.9. The van der Waals surface area contributed by atoms with Crippen LogP contribution in [0.3, 0.4) is 0 Å². The zero-order valence-corrected chi connectivity index (χ0v) is 13.8. The van der Waals surface area contributed by atoms with E-state index >= 15 is 0 Å².